The van der Waals surface area contributed by atoms with Gasteiger partial charge in [-0.15, -0.1) is 0 Å². The van der Waals surface area contributed by atoms with Crippen LogP contribution in [0.25, 0.3) is 0 Å². The van der Waals surface area contributed by atoms with Crippen LogP contribution < -0.4 is 0 Å². The number of ketones is 1. The summed E-state index contributed by atoms with van der Waals surface area (Å²) in [6, 6.07) is 1.90. The van der Waals surface area contributed by atoms with Crippen molar-refractivity contribution in [2.75, 3.05) is 0 Å². The lowest BCUT2D eigenvalue weighted by Crippen LogP contribution is -2.11. The zero-order valence-electron chi connectivity index (χ0n) is 7.54. The second-order valence-electron chi connectivity index (χ2n) is 3.06. The first kappa shape index (κ1) is 9.04. The lowest BCUT2D eigenvalue weighted by atomic mass is 9.97. The molecule has 0 spiro atoms. The lowest BCUT2D eigenvalue weighted by molar-refractivity contribution is -0.122. The lowest BCUT2D eigenvalue weighted by Gasteiger charge is -2.05. The van der Waals surface area contributed by atoms with E-state index in [1.807, 2.05) is 19.9 Å². The maximum atomic E-state index is 11.2. The molecule has 0 aliphatic rings. The van der Waals surface area contributed by atoms with Gasteiger partial charge in [-0.25, -0.2) is 0 Å². The standard InChI is InChI=1S/C10H14O2/c1-3-10(11)8(2)6-9-4-5-12-7-9/h4-5,7-8H,3,6H2,1-2H3. The molecule has 0 bridgehead atoms. The fourth-order valence-electron chi connectivity index (χ4n) is 1.22. The van der Waals surface area contributed by atoms with Crippen molar-refractivity contribution in [3.05, 3.63) is 24.2 Å². The number of hydrogen-bond acceptors (Lipinski definition) is 2. The minimum atomic E-state index is 0.118. The normalized spacial score (nSPS) is 12.8. The summed E-state index contributed by atoms with van der Waals surface area (Å²) in [5.41, 5.74) is 1.10. The Labute approximate surface area is 72.6 Å². The molecule has 0 radical (unpaired) electrons. The van der Waals surface area contributed by atoms with Crippen molar-refractivity contribution in [3.8, 4) is 0 Å². The molecule has 0 amide bonds. The number of rotatable bonds is 4. The predicted octanol–water partition coefficient (Wildman–Crippen LogP) is 2.44. The molecule has 0 N–H and O–H groups in total. The maximum absolute atomic E-state index is 11.2. The van der Waals surface area contributed by atoms with Crippen LogP contribution >= 0.6 is 0 Å². The molecule has 2 nitrogen and oxygen atoms in total. The van der Waals surface area contributed by atoms with Crippen molar-refractivity contribution in [2.45, 2.75) is 26.7 Å². The minimum Gasteiger partial charge on any atom is -0.472 e. The third kappa shape index (κ3) is 2.22. The molecule has 1 aromatic rings. The van der Waals surface area contributed by atoms with Gasteiger partial charge in [0.25, 0.3) is 0 Å². The van der Waals surface area contributed by atoms with Crippen LogP contribution in [0, 0.1) is 5.92 Å². The zero-order chi connectivity index (χ0) is 8.97. The van der Waals surface area contributed by atoms with Gasteiger partial charge in [0.15, 0.2) is 0 Å². The highest BCUT2D eigenvalue weighted by Gasteiger charge is 2.11. The van der Waals surface area contributed by atoms with Gasteiger partial charge < -0.3 is 4.42 Å². The molecule has 0 saturated heterocycles. The van der Waals surface area contributed by atoms with Gasteiger partial charge in [-0.3, -0.25) is 4.79 Å². The minimum absolute atomic E-state index is 0.118. The predicted molar refractivity (Wildman–Crippen MR) is 46.9 cm³/mol. The molecule has 1 heterocycles. The monoisotopic (exact) mass is 166 g/mol. The van der Waals surface area contributed by atoms with Crippen LogP contribution in [0.3, 0.4) is 0 Å². The van der Waals surface area contributed by atoms with Gasteiger partial charge in [-0.1, -0.05) is 13.8 Å². The largest absolute Gasteiger partial charge is 0.472 e. The Bertz CT molecular complexity index is 236. The van der Waals surface area contributed by atoms with Gasteiger partial charge in [0, 0.05) is 12.3 Å². The van der Waals surface area contributed by atoms with E-state index in [9.17, 15) is 4.79 Å². The zero-order valence-corrected chi connectivity index (χ0v) is 7.54. The van der Waals surface area contributed by atoms with Gasteiger partial charge in [-0.2, -0.15) is 0 Å². The summed E-state index contributed by atoms with van der Waals surface area (Å²) in [6.45, 7) is 3.85. The maximum Gasteiger partial charge on any atom is 0.135 e. The highest BCUT2D eigenvalue weighted by molar-refractivity contribution is 5.80. The molecule has 0 saturated carbocycles. The molecule has 1 aromatic heterocycles. The molecule has 1 rings (SSSR count). The van der Waals surface area contributed by atoms with E-state index in [1.54, 1.807) is 12.5 Å². The number of Topliss-reactive ketones (excluding diaryl/α,β-unsaturated/α-hetero) is 1. The average Bonchev–Trinajstić information content (AvgIpc) is 2.55. The molecule has 0 aliphatic heterocycles. The Hall–Kier alpha value is -1.05. The molecule has 0 aromatic carbocycles. The topological polar surface area (TPSA) is 30.2 Å². The van der Waals surface area contributed by atoms with Crippen molar-refractivity contribution in [2.24, 2.45) is 5.92 Å². The fourth-order valence-corrected chi connectivity index (χ4v) is 1.22. The van der Waals surface area contributed by atoms with Gasteiger partial charge >= 0.3 is 0 Å². The smallest absolute Gasteiger partial charge is 0.135 e. The summed E-state index contributed by atoms with van der Waals surface area (Å²) in [7, 11) is 0. The van der Waals surface area contributed by atoms with Crippen LogP contribution in [-0.2, 0) is 11.2 Å². The van der Waals surface area contributed by atoms with E-state index in [2.05, 4.69) is 0 Å². The van der Waals surface area contributed by atoms with E-state index in [0.717, 1.165) is 12.0 Å². The van der Waals surface area contributed by atoms with Crippen molar-refractivity contribution < 1.29 is 9.21 Å². The van der Waals surface area contributed by atoms with Crippen LogP contribution in [0.4, 0.5) is 0 Å². The Balaban J connectivity index is 2.47. The summed E-state index contributed by atoms with van der Waals surface area (Å²) >= 11 is 0. The van der Waals surface area contributed by atoms with E-state index in [-0.39, 0.29) is 5.92 Å². The number of carbonyl (C=O) groups is 1. The highest BCUT2D eigenvalue weighted by atomic mass is 16.3. The molecule has 0 fully saturated rings. The fraction of sp³-hybridized carbons (Fsp3) is 0.500. The van der Waals surface area contributed by atoms with Crippen LogP contribution in [0.1, 0.15) is 25.8 Å². The Morgan fingerprint density at radius 3 is 2.92 bits per heavy atom. The molecule has 66 valence electrons. The molecular weight excluding hydrogens is 152 g/mol. The van der Waals surface area contributed by atoms with Gasteiger partial charge in [0.1, 0.15) is 5.78 Å². The summed E-state index contributed by atoms with van der Waals surface area (Å²) < 4.78 is 4.92. The van der Waals surface area contributed by atoms with Crippen molar-refractivity contribution >= 4 is 5.78 Å². The van der Waals surface area contributed by atoms with Crippen LogP contribution in [-0.4, -0.2) is 5.78 Å². The van der Waals surface area contributed by atoms with Crippen molar-refractivity contribution in [1.29, 1.82) is 0 Å². The van der Waals surface area contributed by atoms with E-state index >= 15 is 0 Å². The van der Waals surface area contributed by atoms with Crippen LogP contribution in [0.15, 0.2) is 23.0 Å². The van der Waals surface area contributed by atoms with E-state index in [4.69, 9.17) is 4.42 Å². The van der Waals surface area contributed by atoms with Crippen LogP contribution in [0.2, 0.25) is 0 Å². The van der Waals surface area contributed by atoms with Crippen molar-refractivity contribution in [1.82, 2.24) is 0 Å². The molecule has 0 aliphatic carbocycles. The highest BCUT2D eigenvalue weighted by Crippen LogP contribution is 2.10. The molecule has 1 atom stereocenters. The first-order valence-corrected chi connectivity index (χ1v) is 4.27. The number of carbonyl (C=O) groups excluding carboxylic acids is 1. The molecule has 2 heteroatoms. The van der Waals surface area contributed by atoms with E-state index in [1.165, 1.54) is 0 Å². The molecule has 12 heavy (non-hydrogen) atoms. The third-order valence-electron chi connectivity index (χ3n) is 2.02. The molecular formula is C10H14O2. The summed E-state index contributed by atoms with van der Waals surface area (Å²) in [5, 5.41) is 0. The Morgan fingerprint density at radius 2 is 2.42 bits per heavy atom. The first-order valence-electron chi connectivity index (χ1n) is 4.27. The SMILES string of the molecule is CCC(=O)C(C)Cc1ccoc1. The summed E-state index contributed by atoms with van der Waals surface area (Å²) in [6.07, 6.45) is 4.75. The van der Waals surface area contributed by atoms with Gasteiger partial charge in [-0.05, 0) is 18.1 Å². The summed E-state index contributed by atoms with van der Waals surface area (Å²) in [4.78, 5) is 11.2. The second-order valence-corrected chi connectivity index (χ2v) is 3.06. The molecule has 1 unspecified atom stereocenters. The number of furan rings is 1. The number of hydrogen-bond donors (Lipinski definition) is 0. The Kier molecular flexibility index (Phi) is 3.09. The van der Waals surface area contributed by atoms with E-state index in [0.29, 0.717) is 12.2 Å². The van der Waals surface area contributed by atoms with Crippen molar-refractivity contribution in [3.63, 3.8) is 0 Å². The van der Waals surface area contributed by atoms with Crippen LogP contribution in [0.5, 0.6) is 0 Å². The second kappa shape index (κ2) is 4.10. The third-order valence-corrected chi connectivity index (χ3v) is 2.02. The van der Waals surface area contributed by atoms with E-state index < -0.39 is 0 Å². The van der Waals surface area contributed by atoms with Gasteiger partial charge in [0.05, 0.1) is 12.5 Å². The van der Waals surface area contributed by atoms with Gasteiger partial charge in [0.2, 0.25) is 0 Å². The first-order chi connectivity index (χ1) is 5.74. The quantitative estimate of drug-likeness (QED) is 0.687. The summed E-state index contributed by atoms with van der Waals surface area (Å²) in [5.74, 6) is 0.434. The Morgan fingerprint density at radius 1 is 1.67 bits per heavy atom. The average molecular weight is 166 g/mol.